The summed E-state index contributed by atoms with van der Waals surface area (Å²) >= 11 is 0. The van der Waals surface area contributed by atoms with E-state index < -0.39 is 10.0 Å². The van der Waals surface area contributed by atoms with Crippen LogP contribution in [0.15, 0.2) is 17.2 Å². The quantitative estimate of drug-likeness (QED) is 0.829. The lowest BCUT2D eigenvalue weighted by Gasteiger charge is -2.18. The van der Waals surface area contributed by atoms with Crippen LogP contribution >= 0.6 is 0 Å². The lowest BCUT2D eigenvalue weighted by Crippen LogP contribution is -2.37. The number of nitrogens with two attached hydrogens (primary N) is 1. The molecule has 7 heteroatoms. The molecule has 1 amide bonds. The van der Waals surface area contributed by atoms with Crippen molar-refractivity contribution in [1.29, 1.82) is 0 Å². The van der Waals surface area contributed by atoms with Crippen molar-refractivity contribution in [3.63, 3.8) is 0 Å². The fraction of sp³-hybridized carbons (Fsp3) is 0.615. The van der Waals surface area contributed by atoms with Gasteiger partial charge in [0.1, 0.15) is 10.6 Å². The van der Waals surface area contributed by atoms with E-state index >= 15 is 0 Å². The van der Waals surface area contributed by atoms with Crippen molar-refractivity contribution < 1.29 is 13.2 Å². The zero-order valence-corrected chi connectivity index (χ0v) is 13.2. The van der Waals surface area contributed by atoms with Crippen molar-refractivity contribution in [2.45, 2.75) is 51.6 Å². The molecule has 0 saturated heterocycles. The van der Waals surface area contributed by atoms with Gasteiger partial charge in [0.15, 0.2) is 0 Å². The topological polar surface area (TPSA) is 94.2 Å². The van der Waals surface area contributed by atoms with Crippen molar-refractivity contribution in [1.82, 2.24) is 9.88 Å². The predicted octanol–water partition coefficient (Wildman–Crippen LogP) is 1.32. The monoisotopic (exact) mass is 301 g/mol. The molecule has 0 fully saturated rings. The van der Waals surface area contributed by atoms with Gasteiger partial charge >= 0.3 is 0 Å². The van der Waals surface area contributed by atoms with Crippen LogP contribution < -0.4 is 10.5 Å². The SMILES string of the molecule is CCCn1cc(S(N)(=O)=O)cc1C(=O)NC(C)C(C)C. The van der Waals surface area contributed by atoms with E-state index in [0.717, 1.165) is 6.42 Å². The molecule has 0 aromatic carbocycles. The zero-order chi connectivity index (χ0) is 15.5. The van der Waals surface area contributed by atoms with Crippen LogP contribution in [0.1, 0.15) is 44.6 Å². The fourth-order valence-electron chi connectivity index (χ4n) is 1.70. The minimum absolute atomic E-state index is 0.00501. The predicted molar refractivity (Wildman–Crippen MR) is 77.9 cm³/mol. The summed E-state index contributed by atoms with van der Waals surface area (Å²) in [6, 6.07) is 1.33. The minimum Gasteiger partial charge on any atom is -0.348 e. The molecule has 0 spiro atoms. The largest absolute Gasteiger partial charge is 0.348 e. The molecule has 0 bridgehead atoms. The first-order valence-corrected chi connectivity index (χ1v) is 8.25. The molecular weight excluding hydrogens is 278 g/mol. The van der Waals surface area contributed by atoms with E-state index in [1.165, 1.54) is 12.3 Å². The third-order valence-electron chi connectivity index (χ3n) is 3.26. The summed E-state index contributed by atoms with van der Waals surface area (Å²) in [4.78, 5) is 12.2. The molecule has 1 rings (SSSR count). The second-order valence-electron chi connectivity index (χ2n) is 5.31. The maximum atomic E-state index is 12.2. The van der Waals surface area contributed by atoms with Gasteiger partial charge in [0.25, 0.3) is 5.91 Å². The highest BCUT2D eigenvalue weighted by Crippen LogP contribution is 2.14. The number of aromatic nitrogens is 1. The highest BCUT2D eigenvalue weighted by Gasteiger charge is 2.20. The first-order valence-electron chi connectivity index (χ1n) is 6.70. The van der Waals surface area contributed by atoms with Gasteiger partial charge in [0, 0.05) is 18.8 Å². The van der Waals surface area contributed by atoms with Gasteiger partial charge in [-0.15, -0.1) is 0 Å². The number of nitrogens with zero attached hydrogens (tertiary/aromatic N) is 1. The smallest absolute Gasteiger partial charge is 0.268 e. The Bertz CT molecular complexity index is 576. The number of primary sulfonamides is 1. The number of hydrogen-bond acceptors (Lipinski definition) is 3. The number of aryl methyl sites for hydroxylation is 1. The van der Waals surface area contributed by atoms with Crippen LogP contribution in [-0.2, 0) is 16.6 Å². The van der Waals surface area contributed by atoms with Gasteiger partial charge in [-0.05, 0) is 25.3 Å². The molecule has 1 aromatic heterocycles. The number of nitrogens with one attached hydrogen (secondary N) is 1. The molecule has 1 unspecified atom stereocenters. The molecular formula is C13H23N3O3S. The maximum absolute atomic E-state index is 12.2. The first kappa shape index (κ1) is 16.7. The zero-order valence-electron chi connectivity index (χ0n) is 12.4. The highest BCUT2D eigenvalue weighted by molar-refractivity contribution is 7.89. The third kappa shape index (κ3) is 4.08. The van der Waals surface area contributed by atoms with Gasteiger partial charge < -0.3 is 9.88 Å². The maximum Gasteiger partial charge on any atom is 0.268 e. The van der Waals surface area contributed by atoms with E-state index in [1.807, 2.05) is 27.7 Å². The second-order valence-corrected chi connectivity index (χ2v) is 6.87. The summed E-state index contributed by atoms with van der Waals surface area (Å²) in [7, 11) is -3.80. The van der Waals surface area contributed by atoms with Crippen molar-refractivity contribution in [2.75, 3.05) is 0 Å². The average molecular weight is 301 g/mol. The molecule has 114 valence electrons. The van der Waals surface area contributed by atoms with E-state index in [0.29, 0.717) is 18.2 Å². The summed E-state index contributed by atoms with van der Waals surface area (Å²) in [5.41, 5.74) is 0.323. The Balaban J connectivity index is 3.09. The summed E-state index contributed by atoms with van der Waals surface area (Å²) in [6.45, 7) is 8.44. The third-order valence-corrected chi connectivity index (χ3v) is 4.14. The molecule has 1 atom stereocenters. The number of sulfonamides is 1. The summed E-state index contributed by atoms with van der Waals surface area (Å²) < 4.78 is 24.4. The Morgan fingerprint density at radius 3 is 2.45 bits per heavy atom. The summed E-state index contributed by atoms with van der Waals surface area (Å²) in [5, 5.41) is 7.98. The molecule has 1 heterocycles. The van der Waals surface area contributed by atoms with Gasteiger partial charge in [-0.3, -0.25) is 4.79 Å². The molecule has 0 aliphatic heterocycles. The number of rotatable bonds is 6. The van der Waals surface area contributed by atoms with Crippen molar-refractivity contribution >= 4 is 15.9 Å². The Morgan fingerprint density at radius 1 is 1.40 bits per heavy atom. The highest BCUT2D eigenvalue weighted by atomic mass is 32.2. The van der Waals surface area contributed by atoms with Gasteiger partial charge in [-0.2, -0.15) is 0 Å². The lowest BCUT2D eigenvalue weighted by molar-refractivity contribution is 0.0921. The van der Waals surface area contributed by atoms with Crippen LogP contribution in [-0.4, -0.2) is 24.9 Å². The first-order chi connectivity index (χ1) is 9.16. The van der Waals surface area contributed by atoms with E-state index in [9.17, 15) is 13.2 Å². The van der Waals surface area contributed by atoms with Crippen molar-refractivity contribution in [3.8, 4) is 0 Å². The standard InChI is InChI=1S/C13H23N3O3S/c1-5-6-16-8-11(20(14,18)19)7-12(16)13(17)15-10(4)9(2)3/h7-10H,5-6H2,1-4H3,(H,15,17)(H2,14,18,19). The molecule has 1 aromatic rings. The Morgan fingerprint density at radius 2 is 2.00 bits per heavy atom. The number of carbonyl (C=O) groups excluding carboxylic acids is 1. The van der Waals surface area contributed by atoms with Gasteiger partial charge in [0.05, 0.1) is 0 Å². The Labute approximate surface area is 120 Å². The van der Waals surface area contributed by atoms with Crippen molar-refractivity contribution in [2.24, 2.45) is 11.1 Å². The minimum atomic E-state index is -3.80. The van der Waals surface area contributed by atoms with Crippen LogP contribution in [0.5, 0.6) is 0 Å². The summed E-state index contributed by atoms with van der Waals surface area (Å²) in [5.74, 6) is 0.0146. The Hall–Kier alpha value is -1.34. The average Bonchev–Trinajstić information content (AvgIpc) is 2.73. The van der Waals surface area contributed by atoms with Crippen LogP contribution in [0, 0.1) is 5.92 Å². The van der Waals surface area contributed by atoms with Crippen LogP contribution in [0.3, 0.4) is 0 Å². The molecule has 0 aliphatic carbocycles. The second kappa shape index (κ2) is 6.41. The summed E-state index contributed by atoms with van der Waals surface area (Å²) in [6.07, 6.45) is 2.20. The molecule has 20 heavy (non-hydrogen) atoms. The number of amides is 1. The molecule has 6 nitrogen and oxygen atoms in total. The van der Waals surface area contributed by atoms with Crippen LogP contribution in [0.2, 0.25) is 0 Å². The van der Waals surface area contributed by atoms with E-state index in [-0.39, 0.29) is 16.8 Å². The normalized spacial score (nSPS) is 13.5. The number of carbonyl (C=O) groups is 1. The molecule has 3 N–H and O–H groups in total. The van der Waals surface area contributed by atoms with E-state index in [2.05, 4.69) is 5.32 Å². The van der Waals surface area contributed by atoms with Gasteiger partial charge in [-0.1, -0.05) is 20.8 Å². The van der Waals surface area contributed by atoms with Crippen molar-refractivity contribution in [3.05, 3.63) is 18.0 Å². The lowest BCUT2D eigenvalue weighted by atomic mass is 10.1. The number of hydrogen-bond donors (Lipinski definition) is 2. The Kier molecular flexibility index (Phi) is 5.35. The van der Waals surface area contributed by atoms with Crippen LogP contribution in [0.25, 0.3) is 0 Å². The molecule has 0 saturated carbocycles. The fourth-order valence-corrected chi connectivity index (χ4v) is 2.25. The molecule has 0 aliphatic rings. The molecule has 0 radical (unpaired) electrons. The van der Waals surface area contributed by atoms with E-state index in [4.69, 9.17) is 5.14 Å². The van der Waals surface area contributed by atoms with Gasteiger partial charge in [0.2, 0.25) is 10.0 Å². The van der Waals surface area contributed by atoms with Gasteiger partial charge in [-0.25, -0.2) is 13.6 Å². The van der Waals surface area contributed by atoms with Crippen LogP contribution in [0.4, 0.5) is 0 Å². The van der Waals surface area contributed by atoms with E-state index in [1.54, 1.807) is 4.57 Å².